The van der Waals surface area contributed by atoms with Crippen molar-refractivity contribution in [1.82, 2.24) is 0 Å². The van der Waals surface area contributed by atoms with Gasteiger partial charge in [-0.1, -0.05) is 24.3 Å². The third kappa shape index (κ3) is 2.55. The molecule has 1 atom stereocenters. The molecule has 0 aliphatic carbocycles. The van der Waals surface area contributed by atoms with Crippen molar-refractivity contribution in [2.24, 2.45) is 5.73 Å². The van der Waals surface area contributed by atoms with Crippen LogP contribution in [-0.2, 0) is 6.42 Å². The molecular formula is C10H12N2O. The zero-order chi connectivity index (χ0) is 9.68. The number of benzene rings is 1. The average molecular weight is 176 g/mol. The molecule has 1 aromatic rings. The first-order chi connectivity index (χ1) is 6.27. The lowest BCUT2D eigenvalue weighted by Gasteiger charge is -2.08. The maximum absolute atomic E-state index is 8.82. The second-order valence-corrected chi connectivity index (χ2v) is 2.87. The number of hydrogen-bond acceptors (Lipinski definition) is 3. The van der Waals surface area contributed by atoms with Crippen LogP contribution in [-0.4, -0.2) is 11.7 Å². The lowest BCUT2D eigenvalue weighted by atomic mass is 10.0. The van der Waals surface area contributed by atoms with E-state index in [0.29, 0.717) is 6.42 Å². The van der Waals surface area contributed by atoms with Crippen molar-refractivity contribution in [3.05, 3.63) is 35.4 Å². The van der Waals surface area contributed by atoms with E-state index in [2.05, 4.69) is 6.07 Å². The van der Waals surface area contributed by atoms with E-state index in [1.807, 2.05) is 24.3 Å². The van der Waals surface area contributed by atoms with Gasteiger partial charge >= 0.3 is 0 Å². The molecule has 0 radical (unpaired) electrons. The number of nitriles is 1. The highest BCUT2D eigenvalue weighted by atomic mass is 16.3. The fraction of sp³-hybridized carbons (Fsp3) is 0.300. The summed E-state index contributed by atoms with van der Waals surface area (Å²) in [6, 6.07) is 9.13. The van der Waals surface area contributed by atoms with Crippen molar-refractivity contribution >= 4 is 0 Å². The van der Waals surface area contributed by atoms with Crippen LogP contribution in [0.2, 0.25) is 0 Å². The van der Waals surface area contributed by atoms with Crippen LogP contribution in [0, 0.1) is 11.3 Å². The molecule has 1 rings (SSSR count). The molecule has 0 unspecified atom stereocenters. The summed E-state index contributed by atoms with van der Waals surface area (Å²) in [4.78, 5) is 0. The van der Waals surface area contributed by atoms with E-state index in [0.717, 1.165) is 11.1 Å². The summed E-state index contributed by atoms with van der Waals surface area (Å²) in [7, 11) is 0. The van der Waals surface area contributed by atoms with Crippen molar-refractivity contribution in [3.8, 4) is 6.07 Å². The van der Waals surface area contributed by atoms with Crippen LogP contribution in [0.5, 0.6) is 0 Å². The SMILES string of the molecule is N#CCc1cccc([C@@H](N)CO)c1. The molecule has 3 N–H and O–H groups in total. The van der Waals surface area contributed by atoms with Gasteiger partial charge in [0.25, 0.3) is 0 Å². The molecule has 0 aliphatic heterocycles. The summed E-state index contributed by atoms with van der Waals surface area (Å²) in [6.45, 7) is -0.0734. The van der Waals surface area contributed by atoms with Gasteiger partial charge in [0.15, 0.2) is 0 Å². The van der Waals surface area contributed by atoms with Crippen LogP contribution in [0.25, 0.3) is 0 Å². The highest BCUT2D eigenvalue weighted by Crippen LogP contribution is 2.12. The Morgan fingerprint density at radius 3 is 2.92 bits per heavy atom. The molecule has 0 fully saturated rings. The first-order valence-corrected chi connectivity index (χ1v) is 4.10. The molecule has 0 bridgehead atoms. The Hall–Kier alpha value is -1.37. The van der Waals surface area contributed by atoms with Crippen LogP contribution < -0.4 is 5.73 Å². The standard InChI is InChI=1S/C10H12N2O/c11-5-4-8-2-1-3-9(6-8)10(12)7-13/h1-3,6,10,13H,4,7,12H2/t10-/m0/s1. The van der Waals surface area contributed by atoms with Crippen LogP contribution in [0.4, 0.5) is 0 Å². The Labute approximate surface area is 77.4 Å². The van der Waals surface area contributed by atoms with E-state index in [9.17, 15) is 0 Å². The monoisotopic (exact) mass is 176 g/mol. The Bertz CT molecular complexity index is 317. The zero-order valence-electron chi connectivity index (χ0n) is 7.27. The largest absolute Gasteiger partial charge is 0.394 e. The second kappa shape index (κ2) is 4.61. The summed E-state index contributed by atoms with van der Waals surface area (Å²) in [5, 5.41) is 17.3. The van der Waals surface area contributed by atoms with Crippen LogP contribution in [0.15, 0.2) is 24.3 Å². The molecule has 0 aliphatic rings. The van der Waals surface area contributed by atoms with E-state index in [1.54, 1.807) is 0 Å². The molecule has 1 aromatic carbocycles. The van der Waals surface area contributed by atoms with Gasteiger partial charge in [-0.05, 0) is 11.1 Å². The lowest BCUT2D eigenvalue weighted by Crippen LogP contribution is -2.14. The Morgan fingerprint density at radius 2 is 2.31 bits per heavy atom. The minimum atomic E-state index is -0.348. The minimum Gasteiger partial charge on any atom is -0.394 e. The number of rotatable bonds is 3. The summed E-state index contributed by atoms with van der Waals surface area (Å²) in [6.07, 6.45) is 0.381. The van der Waals surface area contributed by atoms with E-state index in [4.69, 9.17) is 16.1 Å². The summed E-state index contributed by atoms with van der Waals surface area (Å²) in [5.74, 6) is 0. The number of nitrogens with zero attached hydrogens (tertiary/aromatic N) is 1. The van der Waals surface area contributed by atoms with Gasteiger partial charge in [-0.15, -0.1) is 0 Å². The van der Waals surface area contributed by atoms with Gasteiger partial charge in [0, 0.05) is 0 Å². The van der Waals surface area contributed by atoms with Crippen LogP contribution in [0.3, 0.4) is 0 Å². The number of aliphatic hydroxyl groups is 1. The van der Waals surface area contributed by atoms with Gasteiger partial charge in [-0.3, -0.25) is 0 Å². The molecule has 68 valence electrons. The van der Waals surface area contributed by atoms with E-state index < -0.39 is 0 Å². The minimum absolute atomic E-state index is 0.0734. The zero-order valence-corrected chi connectivity index (χ0v) is 7.27. The van der Waals surface area contributed by atoms with E-state index in [-0.39, 0.29) is 12.6 Å². The normalized spacial score (nSPS) is 12.1. The van der Waals surface area contributed by atoms with Crippen molar-refractivity contribution < 1.29 is 5.11 Å². The number of hydrogen-bond donors (Lipinski definition) is 2. The molecule has 0 saturated heterocycles. The lowest BCUT2D eigenvalue weighted by molar-refractivity contribution is 0.268. The van der Waals surface area contributed by atoms with Crippen molar-refractivity contribution in [2.45, 2.75) is 12.5 Å². The molecular weight excluding hydrogens is 164 g/mol. The highest BCUT2D eigenvalue weighted by Gasteiger charge is 2.03. The Kier molecular flexibility index (Phi) is 3.44. The van der Waals surface area contributed by atoms with Gasteiger partial charge in [-0.25, -0.2) is 0 Å². The first-order valence-electron chi connectivity index (χ1n) is 4.10. The van der Waals surface area contributed by atoms with Crippen molar-refractivity contribution in [1.29, 1.82) is 5.26 Å². The van der Waals surface area contributed by atoms with E-state index in [1.165, 1.54) is 0 Å². The van der Waals surface area contributed by atoms with Gasteiger partial charge < -0.3 is 10.8 Å². The summed E-state index contributed by atoms with van der Waals surface area (Å²) >= 11 is 0. The Morgan fingerprint density at radius 1 is 1.54 bits per heavy atom. The molecule has 0 saturated carbocycles. The molecule has 0 amide bonds. The summed E-state index contributed by atoms with van der Waals surface area (Å²) < 4.78 is 0. The topological polar surface area (TPSA) is 70.0 Å². The third-order valence-electron chi connectivity index (χ3n) is 1.86. The predicted molar refractivity (Wildman–Crippen MR) is 49.8 cm³/mol. The van der Waals surface area contributed by atoms with Gasteiger partial charge in [0.1, 0.15) is 0 Å². The van der Waals surface area contributed by atoms with Crippen LogP contribution >= 0.6 is 0 Å². The smallest absolute Gasteiger partial charge is 0.0669 e. The quantitative estimate of drug-likeness (QED) is 0.713. The van der Waals surface area contributed by atoms with E-state index >= 15 is 0 Å². The van der Waals surface area contributed by atoms with Gasteiger partial charge in [-0.2, -0.15) is 5.26 Å². The summed E-state index contributed by atoms with van der Waals surface area (Å²) in [5.41, 5.74) is 7.43. The molecule has 3 heteroatoms. The van der Waals surface area contributed by atoms with Gasteiger partial charge in [0.05, 0.1) is 25.1 Å². The second-order valence-electron chi connectivity index (χ2n) is 2.87. The average Bonchev–Trinajstić information content (AvgIpc) is 2.18. The van der Waals surface area contributed by atoms with Gasteiger partial charge in [0.2, 0.25) is 0 Å². The number of nitrogens with two attached hydrogens (primary N) is 1. The maximum atomic E-state index is 8.82. The fourth-order valence-corrected chi connectivity index (χ4v) is 1.13. The third-order valence-corrected chi connectivity index (χ3v) is 1.86. The fourth-order valence-electron chi connectivity index (χ4n) is 1.13. The first kappa shape index (κ1) is 9.72. The molecule has 0 heterocycles. The molecule has 3 nitrogen and oxygen atoms in total. The van der Waals surface area contributed by atoms with Crippen LogP contribution in [0.1, 0.15) is 17.2 Å². The Balaban J connectivity index is 2.86. The maximum Gasteiger partial charge on any atom is 0.0669 e. The highest BCUT2D eigenvalue weighted by molar-refractivity contribution is 5.27. The predicted octanol–water partition coefficient (Wildman–Crippen LogP) is 0.745. The van der Waals surface area contributed by atoms with Crippen molar-refractivity contribution in [2.75, 3.05) is 6.61 Å². The molecule has 0 spiro atoms. The van der Waals surface area contributed by atoms with Crippen molar-refractivity contribution in [3.63, 3.8) is 0 Å². The molecule has 0 aromatic heterocycles. The molecule has 13 heavy (non-hydrogen) atoms. The number of aliphatic hydroxyl groups excluding tert-OH is 1.